The van der Waals surface area contributed by atoms with Crippen LogP contribution in [-0.4, -0.2) is 5.91 Å². The zero-order valence-electron chi connectivity index (χ0n) is 9.58. The molecule has 0 spiro atoms. The van der Waals surface area contributed by atoms with Crippen LogP contribution in [0.15, 0.2) is 40.9 Å². The van der Waals surface area contributed by atoms with Crippen molar-refractivity contribution in [3.8, 4) is 0 Å². The molecule has 2 rings (SSSR count). The third-order valence-corrected chi connectivity index (χ3v) is 3.16. The van der Waals surface area contributed by atoms with Gasteiger partial charge in [-0.2, -0.15) is 0 Å². The van der Waals surface area contributed by atoms with Crippen molar-refractivity contribution in [3.05, 3.63) is 58.1 Å². The Bertz CT molecular complexity index is 647. The number of benzene rings is 2. The number of amides is 1. The molecule has 1 amide bonds. The molecule has 0 heterocycles. The van der Waals surface area contributed by atoms with E-state index < -0.39 is 17.5 Å². The topological polar surface area (TPSA) is 55.1 Å². The van der Waals surface area contributed by atoms with Gasteiger partial charge in [0.15, 0.2) is 0 Å². The fourth-order valence-electron chi connectivity index (χ4n) is 1.47. The molecule has 0 fully saturated rings. The van der Waals surface area contributed by atoms with Crippen LogP contribution in [0.1, 0.15) is 10.4 Å². The Morgan fingerprint density at radius 1 is 1.16 bits per heavy atom. The van der Waals surface area contributed by atoms with Gasteiger partial charge in [0.25, 0.3) is 5.91 Å². The molecule has 2 aromatic carbocycles. The highest BCUT2D eigenvalue weighted by atomic mass is 79.9. The Balaban J connectivity index is 2.25. The highest BCUT2D eigenvalue weighted by Gasteiger charge is 2.11. The van der Waals surface area contributed by atoms with E-state index in [1.165, 1.54) is 12.1 Å². The van der Waals surface area contributed by atoms with Gasteiger partial charge in [-0.05, 0) is 46.3 Å². The lowest BCUT2D eigenvalue weighted by atomic mass is 10.2. The van der Waals surface area contributed by atoms with Crippen molar-refractivity contribution in [3.63, 3.8) is 0 Å². The maximum atomic E-state index is 13.4. The molecule has 0 saturated carbocycles. The molecular weight excluding hydrogens is 318 g/mol. The van der Waals surface area contributed by atoms with E-state index >= 15 is 0 Å². The number of carbonyl (C=O) groups excluding carboxylic acids is 1. The fraction of sp³-hybridized carbons (Fsp3) is 0. The maximum Gasteiger partial charge on any atom is 0.255 e. The molecule has 0 aliphatic carbocycles. The van der Waals surface area contributed by atoms with E-state index in [9.17, 15) is 13.6 Å². The Morgan fingerprint density at radius 2 is 1.89 bits per heavy atom. The highest BCUT2D eigenvalue weighted by Crippen LogP contribution is 2.21. The number of halogens is 3. The second-order valence-electron chi connectivity index (χ2n) is 3.81. The minimum absolute atomic E-state index is 0.216. The number of hydrogen-bond acceptors (Lipinski definition) is 2. The molecule has 0 atom stereocenters. The van der Waals surface area contributed by atoms with Gasteiger partial charge in [0.1, 0.15) is 11.6 Å². The van der Waals surface area contributed by atoms with Crippen molar-refractivity contribution >= 4 is 33.2 Å². The summed E-state index contributed by atoms with van der Waals surface area (Å²) in [4.78, 5) is 11.9. The zero-order chi connectivity index (χ0) is 14.0. The van der Waals surface area contributed by atoms with Gasteiger partial charge in [0.2, 0.25) is 0 Å². The molecule has 0 aromatic heterocycles. The molecule has 98 valence electrons. The number of nitrogen functional groups attached to an aromatic ring is 1. The molecular formula is C13H9BrF2N2O. The summed E-state index contributed by atoms with van der Waals surface area (Å²) in [5.74, 6) is -1.91. The van der Waals surface area contributed by atoms with Crippen molar-refractivity contribution in [2.75, 3.05) is 11.1 Å². The van der Waals surface area contributed by atoms with Crippen molar-refractivity contribution in [2.24, 2.45) is 0 Å². The molecule has 3 N–H and O–H groups in total. The van der Waals surface area contributed by atoms with Gasteiger partial charge in [-0.1, -0.05) is 0 Å². The molecule has 0 aliphatic heterocycles. The molecule has 6 heteroatoms. The second-order valence-corrected chi connectivity index (χ2v) is 4.67. The van der Waals surface area contributed by atoms with Crippen molar-refractivity contribution in [1.29, 1.82) is 0 Å². The van der Waals surface area contributed by atoms with Gasteiger partial charge < -0.3 is 11.1 Å². The van der Waals surface area contributed by atoms with Gasteiger partial charge in [-0.25, -0.2) is 8.78 Å². The van der Waals surface area contributed by atoms with Crippen LogP contribution < -0.4 is 11.1 Å². The number of nitrogens with one attached hydrogen (secondary N) is 1. The van der Waals surface area contributed by atoms with E-state index in [0.717, 1.165) is 18.2 Å². The molecule has 0 saturated heterocycles. The van der Waals surface area contributed by atoms with E-state index in [1.54, 1.807) is 6.07 Å². The Hall–Kier alpha value is -1.95. The minimum atomic E-state index is -0.708. The van der Waals surface area contributed by atoms with Gasteiger partial charge in [0, 0.05) is 21.8 Å². The van der Waals surface area contributed by atoms with E-state index in [2.05, 4.69) is 21.2 Å². The number of carbonyl (C=O) groups is 1. The molecule has 0 bridgehead atoms. The van der Waals surface area contributed by atoms with Crippen LogP contribution in [0.4, 0.5) is 20.2 Å². The van der Waals surface area contributed by atoms with Crippen LogP contribution in [0.5, 0.6) is 0 Å². The SMILES string of the molecule is Nc1cc(C(=O)Nc2cc(F)ccc2F)ccc1Br. The summed E-state index contributed by atoms with van der Waals surface area (Å²) in [7, 11) is 0. The van der Waals surface area contributed by atoms with Crippen molar-refractivity contribution in [2.45, 2.75) is 0 Å². The van der Waals surface area contributed by atoms with Crippen molar-refractivity contribution in [1.82, 2.24) is 0 Å². The monoisotopic (exact) mass is 326 g/mol. The molecule has 3 nitrogen and oxygen atoms in total. The Labute approximate surface area is 116 Å². The lowest BCUT2D eigenvalue weighted by Gasteiger charge is -2.07. The number of nitrogens with two attached hydrogens (primary N) is 1. The predicted octanol–water partition coefficient (Wildman–Crippen LogP) is 3.56. The number of hydrogen-bond donors (Lipinski definition) is 2. The van der Waals surface area contributed by atoms with Gasteiger partial charge in [-0.3, -0.25) is 4.79 Å². The summed E-state index contributed by atoms with van der Waals surface area (Å²) < 4.78 is 27.0. The number of rotatable bonds is 2. The first kappa shape index (κ1) is 13.5. The van der Waals surface area contributed by atoms with Crippen LogP contribution in [0.25, 0.3) is 0 Å². The van der Waals surface area contributed by atoms with Crippen LogP contribution >= 0.6 is 15.9 Å². The standard InChI is InChI=1S/C13H9BrF2N2O/c14-9-3-1-7(5-11(9)17)13(19)18-12-6-8(15)2-4-10(12)16/h1-6H,17H2,(H,18,19). The summed E-state index contributed by atoms with van der Waals surface area (Å²) in [6, 6.07) is 7.40. The summed E-state index contributed by atoms with van der Waals surface area (Å²) in [5, 5.41) is 2.29. The maximum absolute atomic E-state index is 13.4. The van der Waals surface area contributed by atoms with Gasteiger partial charge in [0.05, 0.1) is 5.69 Å². The molecule has 0 unspecified atom stereocenters. The summed E-state index contributed by atoms with van der Waals surface area (Å²) in [6.45, 7) is 0. The highest BCUT2D eigenvalue weighted by molar-refractivity contribution is 9.10. The quantitative estimate of drug-likeness (QED) is 0.829. The lowest BCUT2D eigenvalue weighted by Crippen LogP contribution is -2.13. The van der Waals surface area contributed by atoms with Crippen LogP contribution in [0.2, 0.25) is 0 Å². The largest absolute Gasteiger partial charge is 0.398 e. The first-order valence-corrected chi connectivity index (χ1v) is 6.08. The van der Waals surface area contributed by atoms with E-state index in [1.807, 2.05) is 0 Å². The average Bonchev–Trinajstić information content (AvgIpc) is 2.37. The lowest BCUT2D eigenvalue weighted by molar-refractivity contribution is 0.102. The summed E-state index contributed by atoms with van der Waals surface area (Å²) in [5.41, 5.74) is 6.06. The van der Waals surface area contributed by atoms with E-state index in [-0.39, 0.29) is 11.3 Å². The molecule has 2 aromatic rings. The first-order valence-electron chi connectivity index (χ1n) is 5.29. The zero-order valence-corrected chi connectivity index (χ0v) is 11.2. The van der Waals surface area contributed by atoms with Crippen molar-refractivity contribution < 1.29 is 13.6 Å². The minimum Gasteiger partial charge on any atom is -0.398 e. The second kappa shape index (κ2) is 5.36. The first-order chi connectivity index (χ1) is 8.97. The molecule has 19 heavy (non-hydrogen) atoms. The van der Waals surface area contributed by atoms with Crippen LogP contribution in [-0.2, 0) is 0 Å². The van der Waals surface area contributed by atoms with Crippen LogP contribution in [0.3, 0.4) is 0 Å². The molecule has 0 radical (unpaired) electrons. The number of anilines is 2. The predicted molar refractivity (Wildman–Crippen MR) is 72.9 cm³/mol. The van der Waals surface area contributed by atoms with Gasteiger partial charge >= 0.3 is 0 Å². The summed E-state index contributed by atoms with van der Waals surface area (Å²) >= 11 is 3.20. The Morgan fingerprint density at radius 3 is 2.58 bits per heavy atom. The Kier molecular flexibility index (Phi) is 3.80. The van der Waals surface area contributed by atoms with Crippen LogP contribution in [0, 0.1) is 11.6 Å². The third-order valence-electron chi connectivity index (χ3n) is 2.43. The summed E-state index contributed by atoms with van der Waals surface area (Å²) in [6.07, 6.45) is 0. The van der Waals surface area contributed by atoms with E-state index in [4.69, 9.17) is 5.73 Å². The smallest absolute Gasteiger partial charge is 0.255 e. The normalized spacial score (nSPS) is 10.3. The average molecular weight is 327 g/mol. The third kappa shape index (κ3) is 3.08. The molecule has 0 aliphatic rings. The van der Waals surface area contributed by atoms with Gasteiger partial charge in [-0.15, -0.1) is 0 Å². The van der Waals surface area contributed by atoms with E-state index in [0.29, 0.717) is 10.2 Å². The fourth-order valence-corrected chi connectivity index (χ4v) is 1.72.